The third-order valence-corrected chi connectivity index (χ3v) is 9.67. The molecule has 0 spiro atoms. The van der Waals surface area contributed by atoms with Gasteiger partial charge in [-0.3, -0.25) is 38.6 Å². The number of primary amides is 2. The average Bonchev–Trinajstić information content (AvgIpc) is 3.69. The van der Waals surface area contributed by atoms with Crippen LogP contribution in [0.4, 0.5) is 4.79 Å². The van der Waals surface area contributed by atoms with Crippen LogP contribution < -0.4 is 60.6 Å². The summed E-state index contributed by atoms with van der Waals surface area (Å²) in [5, 5.41) is 34.6. The number of aliphatic imine (C=N–C) groups is 1. The van der Waals surface area contributed by atoms with Gasteiger partial charge in [-0.25, -0.2) is 4.79 Å². The van der Waals surface area contributed by atoms with E-state index in [9.17, 15) is 48.6 Å². The summed E-state index contributed by atoms with van der Waals surface area (Å²) in [5.41, 5.74) is 27.7. The summed E-state index contributed by atoms with van der Waals surface area (Å²) in [7, 11) is 0. The van der Waals surface area contributed by atoms with E-state index in [1.54, 1.807) is 13.8 Å². The van der Waals surface area contributed by atoms with Crippen molar-refractivity contribution in [1.82, 2.24) is 36.8 Å². The Balaban J connectivity index is 2.42. The highest BCUT2D eigenvalue weighted by atomic mass is 16.3. The number of aliphatic hydroxyl groups is 1. The van der Waals surface area contributed by atoms with Gasteiger partial charge < -0.3 is 75.7 Å². The third-order valence-electron chi connectivity index (χ3n) is 9.67. The lowest BCUT2D eigenvalue weighted by atomic mass is 10.0. The molecule has 0 radical (unpaired) electrons. The van der Waals surface area contributed by atoms with Gasteiger partial charge in [0, 0.05) is 26.1 Å². The van der Waals surface area contributed by atoms with E-state index in [1.165, 1.54) is 36.1 Å². The second-order valence-corrected chi connectivity index (χ2v) is 15.2. The summed E-state index contributed by atoms with van der Waals surface area (Å²) < 4.78 is 0. The number of phenolic OH excluding ortho intramolecular Hbond substituents is 1. The van der Waals surface area contributed by atoms with Crippen LogP contribution in [0.25, 0.3) is 0 Å². The Hall–Kier alpha value is -6.23. The lowest BCUT2D eigenvalue weighted by Crippen LogP contribution is -2.60. The second-order valence-electron chi connectivity index (χ2n) is 15.2. The van der Waals surface area contributed by atoms with Crippen molar-refractivity contribution >= 4 is 53.3 Å². The number of likely N-dealkylation sites (tertiary alicyclic amines) is 1. The number of aliphatic hydroxyl groups excluding tert-OH is 1. The van der Waals surface area contributed by atoms with Gasteiger partial charge in [-0.05, 0) is 75.5 Å². The van der Waals surface area contributed by atoms with Crippen LogP contribution in [-0.4, -0.2) is 137 Å². The normalized spacial score (nSPS) is 16.4. The lowest BCUT2D eigenvalue weighted by molar-refractivity contribution is -0.142. The molecule has 1 aliphatic heterocycles. The van der Waals surface area contributed by atoms with Crippen LogP contribution in [0, 0.1) is 5.92 Å². The first-order valence-corrected chi connectivity index (χ1v) is 20.1. The van der Waals surface area contributed by atoms with E-state index in [1.807, 2.05) is 0 Å². The zero-order valence-electron chi connectivity index (χ0n) is 34.9. The van der Waals surface area contributed by atoms with Crippen molar-refractivity contribution in [2.45, 2.75) is 114 Å². The predicted molar refractivity (Wildman–Crippen MR) is 222 cm³/mol. The number of guanidine groups is 1. The van der Waals surface area contributed by atoms with Crippen molar-refractivity contribution in [2.24, 2.45) is 39.6 Å². The first kappa shape index (κ1) is 50.9. The van der Waals surface area contributed by atoms with Crippen LogP contribution in [0.15, 0.2) is 29.3 Å². The number of amides is 9. The van der Waals surface area contributed by atoms with Gasteiger partial charge in [-0.2, -0.15) is 0 Å². The van der Waals surface area contributed by atoms with Crippen LogP contribution in [0.1, 0.15) is 71.3 Å². The number of carbonyl (C=O) groups excluding carboxylic acids is 8. The molecule has 23 heteroatoms. The number of nitrogens with two attached hydrogens (primary N) is 5. The molecule has 0 aliphatic carbocycles. The molecule has 61 heavy (non-hydrogen) atoms. The monoisotopic (exact) mass is 861 g/mol. The topological polar surface area (TPSA) is 395 Å². The molecule has 0 unspecified atom stereocenters. The van der Waals surface area contributed by atoms with Crippen LogP contribution >= 0.6 is 0 Å². The first-order valence-electron chi connectivity index (χ1n) is 20.1. The van der Waals surface area contributed by atoms with Gasteiger partial charge in [-0.15, -0.1) is 0 Å². The zero-order chi connectivity index (χ0) is 45.8. The molecule has 9 amide bonds. The van der Waals surface area contributed by atoms with Crippen molar-refractivity contribution in [1.29, 1.82) is 0 Å². The van der Waals surface area contributed by atoms with E-state index in [0.29, 0.717) is 18.4 Å². The number of urea groups is 1. The summed E-state index contributed by atoms with van der Waals surface area (Å²) >= 11 is 0. The van der Waals surface area contributed by atoms with Crippen molar-refractivity contribution in [3.8, 4) is 5.75 Å². The van der Waals surface area contributed by atoms with Crippen LogP contribution in [-0.2, 0) is 40.0 Å². The van der Waals surface area contributed by atoms with E-state index in [0.717, 1.165) is 0 Å². The van der Waals surface area contributed by atoms with Crippen molar-refractivity contribution < 1.29 is 48.6 Å². The van der Waals surface area contributed by atoms with Crippen molar-refractivity contribution in [2.75, 3.05) is 26.2 Å². The fourth-order valence-corrected chi connectivity index (χ4v) is 6.39. The molecule has 23 nitrogen and oxygen atoms in total. The van der Waals surface area contributed by atoms with Gasteiger partial charge in [0.1, 0.15) is 48.0 Å². The Labute approximate surface area is 354 Å². The maximum atomic E-state index is 14.1. The fourth-order valence-electron chi connectivity index (χ4n) is 6.39. The number of rotatable bonds is 25. The maximum Gasteiger partial charge on any atom is 0.312 e. The lowest BCUT2D eigenvalue weighted by Gasteiger charge is -2.31. The van der Waals surface area contributed by atoms with E-state index in [2.05, 4.69) is 36.9 Å². The highest BCUT2D eigenvalue weighted by molar-refractivity contribution is 5.97. The van der Waals surface area contributed by atoms with Crippen LogP contribution in [0.3, 0.4) is 0 Å². The Bertz CT molecular complexity index is 1710. The van der Waals surface area contributed by atoms with Gasteiger partial charge >= 0.3 is 6.03 Å². The number of phenols is 1. The Morgan fingerprint density at radius 2 is 1.36 bits per heavy atom. The molecular formula is C38H63N13O10. The summed E-state index contributed by atoms with van der Waals surface area (Å²) in [4.78, 5) is 110. The zero-order valence-corrected chi connectivity index (χ0v) is 34.9. The molecule has 0 bridgehead atoms. The molecular weight excluding hydrogens is 798 g/mol. The molecule has 0 saturated carbocycles. The van der Waals surface area contributed by atoms with Gasteiger partial charge in [0.25, 0.3) is 0 Å². The van der Waals surface area contributed by atoms with Gasteiger partial charge in [0.2, 0.25) is 41.4 Å². The molecule has 1 aromatic rings. The SMILES string of the molecule is CC(C)C[C@H](NC(=O)[C@@H](CCCNC(N)=O)NC(=O)[C@H](Cc1ccc(O)cc1)NC(=O)[C@@H](N)CO)C(=O)N[C@@H](CCCN=C(N)N)C(=O)N1CCC[C@H]1C(=O)N[C@H](C)C(N)=O. The molecule has 0 aromatic heterocycles. The standard InChI is InChI=1S/C38H63N13O10/c1-20(2)17-27(33(57)48-26(8-5-14-44-37(41)42)36(60)51-16-6-9-29(51)35(59)46-21(3)30(40)54)50-32(56)25(7-4-15-45-38(43)61)47-34(58)28(49-31(55)24(39)19-52)18-22-10-12-23(53)13-11-22/h10-13,20-21,24-29,52-53H,4-9,14-19,39H2,1-3H3,(H2,40,54)(H,46,59)(H,47,58)(H,48,57)(H,49,55)(H,50,56)(H4,41,42,44)(H3,43,45,61)/t21-,24+,25-,26+,27+,28+,29+/m1/s1. The number of benzene rings is 1. The Kier molecular flexibility index (Phi) is 21.2. The van der Waals surface area contributed by atoms with Crippen molar-refractivity contribution in [3.63, 3.8) is 0 Å². The van der Waals surface area contributed by atoms with Crippen LogP contribution in [0.5, 0.6) is 5.75 Å². The van der Waals surface area contributed by atoms with E-state index >= 15 is 0 Å². The summed E-state index contributed by atoms with van der Waals surface area (Å²) in [6, 6.07) is -3.49. The molecule has 340 valence electrons. The van der Waals surface area contributed by atoms with Gasteiger partial charge in [0.05, 0.1) is 6.61 Å². The minimum atomic E-state index is -1.37. The number of aromatic hydroxyl groups is 1. The summed E-state index contributed by atoms with van der Waals surface area (Å²) in [6.07, 6.45) is 1.03. The third kappa shape index (κ3) is 17.9. The smallest absolute Gasteiger partial charge is 0.312 e. The van der Waals surface area contributed by atoms with Crippen LogP contribution in [0.2, 0.25) is 0 Å². The average molecular weight is 862 g/mol. The highest BCUT2D eigenvalue weighted by Crippen LogP contribution is 2.21. The number of carbonyl (C=O) groups is 8. The van der Waals surface area contributed by atoms with E-state index in [-0.39, 0.29) is 75.8 Å². The minimum Gasteiger partial charge on any atom is -0.508 e. The predicted octanol–water partition coefficient (Wildman–Crippen LogP) is -4.28. The molecule has 7 atom stereocenters. The molecule has 1 fully saturated rings. The van der Waals surface area contributed by atoms with Crippen molar-refractivity contribution in [3.05, 3.63) is 29.8 Å². The molecule has 1 aliphatic rings. The maximum absolute atomic E-state index is 14.1. The van der Waals surface area contributed by atoms with Gasteiger partial charge in [-0.1, -0.05) is 26.0 Å². The Morgan fingerprint density at radius 3 is 1.95 bits per heavy atom. The summed E-state index contributed by atoms with van der Waals surface area (Å²) in [5.74, 6) is -5.60. The quantitative estimate of drug-likeness (QED) is 0.0252. The molecule has 18 N–H and O–H groups in total. The first-order chi connectivity index (χ1) is 28.7. The number of hydrogen-bond acceptors (Lipinski definition) is 12. The molecule has 1 aromatic carbocycles. The molecule has 1 saturated heterocycles. The van der Waals surface area contributed by atoms with Gasteiger partial charge in [0.15, 0.2) is 5.96 Å². The number of nitrogens with zero attached hydrogens (tertiary/aromatic N) is 2. The minimum absolute atomic E-state index is 0.0184. The molecule has 2 rings (SSSR count). The fraction of sp³-hybridized carbons (Fsp3) is 0.605. The van der Waals surface area contributed by atoms with E-state index in [4.69, 9.17) is 28.7 Å². The second kappa shape index (κ2) is 25.4. The highest BCUT2D eigenvalue weighted by Gasteiger charge is 2.39. The number of hydrogen-bond donors (Lipinski definition) is 13. The largest absolute Gasteiger partial charge is 0.508 e. The Morgan fingerprint density at radius 1 is 0.787 bits per heavy atom. The summed E-state index contributed by atoms with van der Waals surface area (Å²) in [6.45, 7) is 4.60. The van der Waals surface area contributed by atoms with E-state index < -0.39 is 96.3 Å². The molecule has 1 heterocycles. The number of nitrogens with one attached hydrogen (secondary N) is 6.